The number of nitrogens with one attached hydrogen (secondary N) is 1. The van der Waals surface area contributed by atoms with Gasteiger partial charge >= 0.3 is 0 Å². The summed E-state index contributed by atoms with van der Waals surface area (Å²) in [5.41, 5.74) is 1.33. The molecule has 2 atom stereocenters. The van der Waals surface area contributed by atoms with E-state index in [1.807, 2.05) is 6.07 Å². The first-order valence-electron chi connectivity index (χ1n) is 7.19. The van der Waals surface area contributed by atoms with Crippen molar-refractivity contribution in [1.82, 2.24) is 5.32 Å². The third-order valence-electron chi connectivity index (χ3n) is 3.33. The van der Waals surface area contributed by atoms with E-state index in [4.69, 9.17) is 4.74 Å². The summed E-state index contributed by atoms with van der Waals surface area (Å²) in [5, 5.41) is 3.58. The summed E-state index contributed by atoms with van der Waals surface area (Å²) < 4.78 is 5.71. The third-order valence-corrected chi connectivity index (χ3v) is 3.33. The zero-order chi connectivity index (χ0) is 13.4. The van der Waals surface area contributed by atoms with Crippen LogP contribution in [0.15, 0.2) is 24.3 Å². The maximum atomic E-state index is 5.71. The van der Waals surface area contributed by atoms with Gasteiger partial charge in [0, 0.05) is 6.04 Å². The maximum absolute atomic E-state index is 5.71. The van der Waals surface area contributed by atoms with Crippen molar-refractivity contribution in [3.63, 3.8) is 0 Å². The number of benzene rings is 1. The first-order chi connectivity index (χ1) is 8.72. The fraction of sp³-hybridized carbons (Fsp3) is 0.625. The lowest BCUT2D eigenvalue weighted by Crippen LogP contribution is -2.26. The Balaban J connectivity index is 2.83. The van der Waals surface area contributed by atoms with Crippen molar-refractivity contribution in [3.8, 4) is 5.75 Å². The highest BCUT2D eigenvalue weighted by molar-refractivity contribution is 5.31. The normalized spacial score (nSPS) is 14.2. The van der Waals surface area contributed by atoms with Crippen LogP contribution in [0.5, 0.6) is 5.75 Å². The summed E-state index contributed by atoms with van der Waals surface area (Å²) in [6, 6.07) is 8.92. The Morgan fingerprint density at radius 2 is 2.00 bits per heavy atom. The molecular weight excluding hydrogens is 222 g/mol. The van der Waals surface area contributed by atoms with E-state index in [1.165, 1.54) is 12.0 Å². The average Bonchev–Trinajstić information content (AvgIpc) is 2.42. The van der Waals surface area contributed by atoms with Gasteiger partial charge in [-0.25, -0.2) is 0 Å². The summed E-state index contributed by atoms with van der Waals surface area (Å²) in [7, 11) is 0. The van der Waals surface area contributed by atoms with E-state index in [0.29, 0.717) is 12.0 Å². The van der Waals surface area contributed by atoms with E-state index in [0.717, 1.165) is 25.3 Å². The van der Waals surface area contributed by atoms with Gasteiger partial charge in [-0.3, -0.25) is 0 Å². The minimum absolute atomic E-state index is 0.421. The minimum atomic E-state index is 0.421. The van der Waals surface area contributed by atoms with E-state index >= 15 is 0 Å². The molecule has 1 N–H and O–H groups in total. The molecule has 1 aromatic carbocycles. The lowest BCUT2D eigenvalue weighted by atomic mass is 9.92. The summed E-state index contributed by atoms with van der Waals surface area (Å²) in [6.45, 7) is 10.6. The molecule has 102 valence electrons. The largest absolute Gasteiger partial charge is 0.494 e. The van der Waals surface area contributed by atoms with Crippen molar-refractivity contribution < 1.29 is 4.74 Å². The number of hydrogen-bond acceptors (Lipinski definition) is 2. The van der Waals surface area contributed by atoms with Gasteiger partial charge in [-0.2, -0.15) is 0 Å². The molecule has 2 nitrogen and oxygen atoms in total. The van der Waals surface area contributed by atoms with Gasteiger partial charge in [-0.1, -0.05) is 46.2 Å². The van der Waals surface area contributed by atoms with E-state index in [9.17, 15) is 0 Å². The number of hydrogen-bond donors (Lipinski definition) is 1. The van der Waals surface area contributed by atoms with Crippen molar-refractivity contribution in [1.29, 1.82) is 0 Å². The molecule has 0 fully saturated rings. The van der Waals surface area contributed by atoms with Crippen LogP contribution in [0.1, 0.15) is 52.1 Å². The molecule has 0 aromatic heterocycles. The van der Waals surface area contributed by atoms with E-state index < -0.39 is 0 Å². The fourth-order valence-corrected chi connectivity index (χ4v) is 2.12. The first-order valence-corrected chi connectivity index (χ1v) is 7.19. The topological polar surface area (TPSA) is 21.3 Å². The number of rotatable bonds is 8. The Bertz CT molecular complexity index is 338. The molecule has 1 rings (SSSR count). The van der Waals surface area contributed by atoms with Gasteiger partial charge in [0.05, 0.1) is 6.61 Å². The van der Waals surface area contributed by atoms with Crippen LogP contribution in [-0.4, -0.2) is 13.2 Å². The van der Waals surface area contributed by atoms with Gasteiger partial charge in [-0.15, -0.1) is 0 Å². The van der Waals surface area contributed by atoms with Crippen LogP contribution in [0, 0.1) is 5.92 Å². The Labute approximate surface area is 112 Å². The molecule has 18 heavy (non-hydrogen) atoms. The zero-order valence-electron chi connectivity index (χ0n) is 12.2. The number of ether oxygens (including phenoxy) is 1. The second-order valence-corrected chi connectivity index (χ2v) is 4.84. The molecular formula is C16H27NO. The van der Waals surface area contributed by atoms with Crippen LogP contribution in [0.4, 0.5) is 0 Å². The predicted octanol–water partition coefficient (Wildman–Crippen LogP) is 4.17. The molecule has 0 saturated heterocycles. The highest BCUT2D eigenvalue weighted by Gasteiger charge is 2.17. The molecule has 1 aromatic rings. The quantitative estimate of drug-likeness (QED) is 0.746. The van der Waals surface area contributed by atoms with E-state index in [-0.39, 0.29) is 0 Å². The molecule has 0 spiro atoms. The lowest BCUT2D eigenvalue weighted by molar-refractivity contribution is 0.315. The van der Waals surface area contributed by atoms with Crippen LogP contribution in [0.25, 0.3) is 0 Å². The Morgan fingerprint density at radius 1 is 1.22 bits per heavy atom. The van der Waals surface area contributed by atoms with Crippen molar-refractivity contribution in [2.45, 2.75) is 46.6 Å². The molecule has 0 heterocycles. The van der Waals surface area contributed by atoms with Crippen molar-refractivity contribution in [3.05, 3.63) is 29.8 Å². The molecule has 0 radical (unpaired) electrons. The molecule has 2 heteroatoms. The smallest absolute Gasteiger partial charge is 0.119 e. The summed E-state index contributed by atoms with van der Waals surface area (Å²) in [5.74, 6) is 1.62. The molecule has 0 amide bonds. The van der Waals surface area contributed by atoms with E-state index in [2.05, 4.69) is 51.2 Å². The molecule has 0 bridgehead atoms. The van der Waals surface area contributed by atoms with Crippen molar-refractivity contribution in [2.75, 3.05) is 13.2 Å². The Kier molecular flexibility index (Phi) is 6.81. The zero-order valence-corrected chi connectivity index (χ0v) is 12.2. The molecule has 2 unspecified atom stereocenters. The maximum Gasteiger partial charge on any atom is 0.119 e. The summed E-state index contributed by atoms with van der Waals surface area (Å²) in [6.07, 6.45) is 2.23. The lowest BCUT2D eigenvalue weighted by Gasteiger charge is -2.24. The van der Waals surface area contributed by atoms with Gasteiger partial charge in [0.1, 0.15) is 5.75 Å². The monoisotopic (exact) mass is 249 g/mol. The van der Waals surface area contributed by atoms with Gasteiger partial charge in [0.15, 0.2) is 0 Å². The second-order valence-electron chi connectivity index (χ2n) is 4.84. The van der Waals surface area contributed by atoms with Gasteiger partial charge in [0.25, 0.3) is 0 Å². The van der Waals surface area contributed by atoms with Crippen molar-refractivity contribution >= 4 is 0 Å². The van der Waals surface area contributed by atoms with Gasteiger partial charge in [0.2, 0.25) is 0 Å². The highest BCUT2D eigenvalue weighted by atomic mass is 16.5. The standard InChI is InChI=1S/C16H27NO/c1-5-11-18-15-10-8-9-14(12-15)16(17-7-3)13(4)6-2/h8-10,12-13,16-17H,5-7,11H2,1-4H3. The van der Waals surface area contributed by atoms with Gasteiger partial charge in [-0.05, 0) is 36.6 Å². The fourth-order valence-electron chi connectivity index (χ4n) is 2.12. The second kappa shape index (κ2) is 8.15. The van der Waals surface area contributed by atoms with E-state index in [1.54, 1.807) is 0 Å². The molecule has 0 aliphatic rings. The van der Waals surface area contributed by atoms with Crippen molar-refractivity contribution in [2.24, 2.45) is 5.92 Å². The Morgan fingerprint density at radius 3 is 2.61 bits per heavy atom. The summed E-state index contributed by atoms with van der Waals surface area (Å²) in [4.78, 5) is 0. The third kappa shape index (κ3) is 4.34. The van der Waals surface area contributed by atoms with Gasteiger partial charge < -0.3 is 10.1 Å². The first kappa shape index (κ1) is 15.0. The SMILES string of the molecule is CCCOc1cccc(C(NCC)C(C)CC)c1. The van der Waals surface area contributed by atoms with Crippen LogP contribution in [0.3, 0.4) is 0 Å². The Hall–Kier alpha value is -1.02. The van der Waals surface area contributed by atoms with Crippen LogP contribution < -0.4 is 10.1 Å². The minimum Gasteiger partial charge on any atom is -0.494 e. The van der Waals surface area contributed by atoms with Crippen LogP contribution >= 0.6 is 0 Å². The molecule has 0 saturated carbocycles. The summed E-state index contributed by atoms with van der Waals surface area (Å²) >= 11 is 0. The highest BCUT2D eigenvalue weighted by Crippen LogP contribution is 2.27. The predicted molar refractivity (Wildman–Crippen MR) is 78.1 cm³/mol. The molecule has 0 aliphatic carbocycles. The average molecular weight is 249 g/mol. The molecule has 0 aliphatic heterocycles. The van der Waals surface area contributed by atoms with Crippen LogP contribution in [0.2, 0.25) is 0 Å². The van der Waals surface area contributed by atoms with Crippen LogP contribution in [-0.2, 0) is 0 Å².